The Labute approximate surface area is 93.2 Å². The van der Waals surface area contributed by atoms with Gasteiger partial charge in [-0.05, 0) is 50.1 Å². The molecule has 0 atom stereocenters. The largest absolute Gasteiger partial charge is 0.341 e. The second-order valence-electron chi connectivity index (χ2n) is 2.33. The zero-order valence-electron chi connectivity index (χ0n) is 6.90. The number of carbonyl (C=O) groups excluding carboxylic acids is 1. The molecular weight excluding hydrogens is 300 g/mol. The van der Waals surface area contributed by atoms with Crippen LogP contribution in [-0.2, 0) is 0 Å². The van der Waals surface area contributed by atoms with Gasteiger partial charge in [-0.15, -0.1) is 0 Å². The second kappa shape index (κ2) is 4.62. The number of urea groups is 1. The normalized spacial score (nSPS) is 9.46. The highest BCUT2D eigenvalue weighted by Crippen LogP contribution is 2.25. The van der Waals surface area contributed by atoms with Gasteiger partial charge < -0.3 is 10.6 Å². The Morgan fingerprint density at radius 3 is 2.54 bits per heavy atom. The van der Waals surface area contributed by atoms with Gasteiger partial charge in [0.2, 0.25) is 0 Å². The molecule has 0 aliphatic heterocycles. The minimum Gasteiger partial charge on any atom is -0.341 e. The molecule has 0 spiro atoms. The first-order valence-electron chi connectivity index (χ1n) is 3.57. The van der Waals surface area contributed by atoms with Crippen LogP contribution in [0.3, 0.4) is 0 Å². The highest BCUT2D eigenvalue weighted by molar-refractivity contribution is 9.13. The number of nitrogens with one attached hydrogen (secondary N) is 2. The van der Waals surface area contributed by atoms with Gasteiger partial charge in [-0.25, -0.2) is 4.79 Å². The summed E-state index contributed by atoms with van der Waals surface area (Å²) >= 11 is 6.68. The lowest BCUT2D eigenvalue weighted by Crippen LogP contribution is -2.24. The standard InChI is InChI=1S/C8H8Br2N2O/c1-11-8(13)12-5-2-3-6(9)7(10)4-5/h2-4H,1H3,(H2,11,12,13). The summed E-state index contributed by atoms with van der Waals surface area (Å²) in [5, 5.41) is 5.13. The van der Waals surface area contributed by atoms with Crippen molar-refractivity contribution >= 4 is 43.6 Å². The van der Waals surface area contributed by atoms with Gasteiger partial charge in [0.05, 0.1) is 0 Å². The van der Waals surface area contributed by atoms with Crippen molar-refractivity contribution in [3.05, 3.63) is 27.1 Å². The quantitative estimate of drug-likeness (QED) is 0.823. The van der Waals surface area contributed by atoms with Crippen molar-refractivity contribution in [3.63, 3.8) is 0 Å². The number of anilines is 1. The minimum absolute atomic E-state index is 0.228. The van der Waals surface area contributed by atoms with E-state index in [1.54, 1.807) is 7.05 Å². The Kier molecular flexibility index (Phi) is 3.74. The van der Waals surface area contributed by atoms with E-state index in [2.05, 4.69) is 42.5 Å². The zero-order chi connectivity index (χ0) is 9.84. The van der Waals surface area contributed by atoms with Gasteiger partial charge in [0, 0.05) is 21.7 Å². The number of carbonyl (C=O) groups is 1. The summed E-state index contributed by atoms with van der Waals surface area (Å²) in [6, 6.07) is 5.26. The molecule has 1 rings (SSSR count). The van der Waals surface area contributed by atoms with E-state index in [1.807, 2.05) is 18.2 Å². The van der Waals surface area contributed by atoms with Crippen molar-refractivity contribution in [1.29, 1.82) is 0 Å². The first kappa shape index (κ1) is 10.5. The van der Waals surface area contributed by atoms with Crippen LogP contribution < -0.4 is 10.6 Å². The van der Waals surface area contributed by atoms with E-state index in [9.17, 15) is 4.79 Å². The number of amides is 2. The molecule has 3 nitrogen and oxygen atoms in total. The fraction of sp³-hybridized carbons (Fsp3) is 0.125. The molecule has 2 amide bonds. The second-order valence-corrected chi connectivity index (χ2v) is 4.04. The lowest BCUT2D eigenvalue weighted by atomic mass is 10.3. The third-order valence-electron chi connectivity index (χ3n) is 1.40. The predicted octanol–water partition coefficient (Wildman–Crippen LogP) is 2.96. The summed E-state index contributed by atoms with van der Waals surface area (Å²) < 4.78 is 1.86. The van der Waals surface area contributed by atoms with E-state index in [-0.39, 0.29) is 6.03 Å². The van der Waals surface area contributed by atoms with Gasteiger partial charge in [-0.1, -0.05) is 0 Å². The summed E-state index contributed by atoms with van der Waals surface area (Å²) in [6.07, 6.45) is 0. The molecule has 0 aliphatic carbocycles. The fourth-order valence-electron chi connectivity index (χ4n) is 0.767. The van der Waals surface area contributed by atoms with E-state index < -0.39 is 0 Å². The third kappa shape index (κ3) is 3.00. The maximum absolute atomic E-state index is 10.9. The van der Waals surface area contributed by atoms with Gasteiger partial charge in [0.1, 0.15) is 0 Å². The minimum atomic E-state index is -0.228. The summed E-state index contributed by atoms with van der Waals surface area (Å²) in [6.45, 7) is 0. The Morgan fingerprint density at radius 2 is 2.00 bits per heavy atom. The fourth-order valence-corrected chi connectivity index (χ4v) is 1.39. The lowest BCUT2D eigenvalue weighted by molar-refractivity contribution is 0.254. The van der Waals surface area contributed by atoms with Crippen LogP contribution >= 0.6 is 31.9 Å². The summed E-state index contributed by atoms with van der Waals surface area (Å²) in [4.78, 5) is 10.9. The van der Waals surface area contributed by atoms with E-state index >= 15 is 0 Å². The highest BCUT2D eigenvalue weighted by atomic mass is 79.9. The Morgan fingerprint density at radius 1 is 1.31 bits per heavy atom. The maximum atomic E-state index is 10.9. The highest BCUT2D eigenvalue weighted by Gasteiger charge is 2.00. The first-order chi connectivity index (χ1) is 6.13. The summed E-state index contributed by atoms with van der Waals surface area (Å²) in [7, 11) is 1.57. The molecule has 5 heteroatoms. The Balaban J connectivity index is 2.79. The monoisotopic (exact) mass is 306 g/mol. The van der Waals surface area contributed by atoms with E-state index in [1.165, 1.54) is 0 Å². The molecule has 0 bridgehead atoms. The van der Waals surface area contributed by atoms with Crippen molar-refractivity contribution in [2.24, 2.45) is 0 Å². The van der Waals surface area contributed by atoms with Crippen LogP contribution in [-0.4, -0.2) is 13.1 Å². The van der Waals surface area contributed by atoms with Crippen molar-refractivity contribution in [2.75, 3.05) is 12.4 Å². The molecule has 0 aliphatic rings. The van der Waals surface area contributed by atoms with Crippen molar-refractivity contribution in [2.45, 2.75) is 0 Å². The van der Waals surface area contributed by atoms with Crippen LogP contribution in [0, 0.1) is 0 Å². The molecule has 13 heavy (non-hydrogen) atoms. The molecule has 0 unspecified atom stereocenters. The van der Waals surface area contributed by atoms with Crippen LogP contribution in [0.1, 0.15) is 0 Å². The van der Waals surface area contributed by atoms with Crippen molar-refractivity contribution < 1.29 is 4.79 Å². The molecule has 70 valence electrons. The predicted molar refractivity (Wildman–Crippen MR) is 59.9 cm³/mol. The van der Waals surface area contributed by atoms with Crippen LogP contribution in [0.15, 0.2) is 27.1 Å². The topological polar surface area (TPSA) is 41.1 Å². The molecule has 0 heterocycles. The first-order valence-corrected chi connectivity index (χ1v) is 5.16. The van der Waals surface area contributed by atoms with Crippen LogP contribution in [0.4, 0.5) is 10.5 Å². The number of benzene rings is 1. The average Bonchev–Trinajstić information content (AvgIpc) is 2.11. The summed E-state index contributed by atoms with van der Waals surface area (Å²) in [5.41, 5.74) is 0.745. The number of hydrogen-bond acceptors (Lipinski definition) is 1. The van der Waals surface area contributed by atoms with Gasteiger partial charge in [0.25, 0.3) is 0 Å². The summed E-state index contributed by atoms with van der Waals surface area (Å²) in [5.74, 6) is 0. The molecular formula is C8H8Br2N2O. The molecule has 1 aromatic rings. The molecule has 0 aromatic heterocycles. The van der Waals surface area contributed by atoms with E-state index in [0.29, 0.717) is 0 Å². The van der Waals surface area contributed by atoms with Crippen LogP contribution in [0.2, 0.25) is 0 Å². The molecule has 1 aromatic carbocycles. The lowest BCUT2D eigenvalue weighted by Gasteiger charge is -2.04. The number of hydrogen-bond donors (Lipinski definition) is 2. The average molecular weight is 308 g/mol. The number of halogens is 2. The SMILES string of the molecule is CNC(=O)Nc1ccc(Br)c(Br)c1. The van der Waals surface area contributed by atoms with Gasteiger partial charge in [-0.2, -0.15) is 0 Å². The molecule has 0 saturated heterocycles. The number of rotatable bonds is 1. The van der Waals surface area contributed by atoms with Crippen molar-refractivity contribution in [1.82, 2.24) is 5.32 Å². The third-order valence-corrected chi connectivity index (χ3v) is 3.28. The molecule has 0 radical (unpaired) electrons. The van der Waals surface area contributed by atoms with E-state index in [0.717, 1.165) is 14.6 Å². The maximum Gasteiger partial charge on any atom is 0.318 e. The molecule has 0 fully saturated rings. The zero-order valence-corrected chi connectivity index (χ0v) is 10.1. The van der Waals surface area contributed by atoms with Crippen molar-refractivity contribution in [3.8, 4) is 0 Å². The van der Waals surface area contributed by atoms with Gasteiger partial charge in [-0.3, -0.25) is 0 Å². The molecule has 2 N–H and O–H groups in total. The van der Waals surface area contributed by atoms with Crippen LogP contribution in [0.25, 0.3) is 0 Å². The van der Waals surface area contributed by atoms with Crippen LogP contribution in [0.5, 0.6) is 0 Å². The van der Waals surface area contributed by atoms with Gasteiger partial charge >= 0.3 is 6.03 Å². The molecule has 0 saturated carbocycles. The van der Waals surface area contributed by atoms with E-state index in [4.69, 9.17) is 0 Å². The Bertz CT molecular complexity index is 328. The van der Waals surface area contributed by atoms with Gasteiger partial charge in [0.15, 0.2) is 0 Å². The Hall–Kier alpha value is -0.550. The smallest absolute Gasteiger partial charge is 0.318 e.